The summed E-state index contributed by atoms with van der Waals surface area (Å²) in [7, 11) is 0. The molecule has 44 heavy (non-hydrogen) atoms. The predicted octanol–water partition coefficient (Wildman–Crippen LogP) is 7.23. The largest absolute Gasteiger partial charge is 0.508 e. The molecule has 0 aliphatic heterocycles. The van der Waals surface area contributed by atoms with Crippen molar-refractivity contribution >= 4 is 23.6 Å². The Morgan fingerprint density at radius 2 is 1.50 bits per heavy atom. The summed E-state index contributed by atoms with van der Waals surface area (Å²) in [6.45, 7) is 11.4. The summed E-state index contributed by atoms with van der Waals surface area (Å²) in [5, 5.41) is 16.8. The van der Waals surface area contributed by atoms with Crippen LogP contribution < -0.4 is 10.6 Å². The molecule has 8 nitrogen and oxygen atoms in total. The van der Waals surface area contributed by atoms with Gasteiger partial charge in [0.25, 0.3) is 5.91 Å². The second-order valence-electron chi connectivity index (χ2n) is 12.2. The lowest BCUT2D eigenvalue weighted by Crippen LogP contribution is -2.53. The van der Waals surface area contributed by atoms with E-state index in [0.717, 1.165) is 36.0 Å². The van der Waals surface area contributed by atoms with Crippen molar-refractivity contribution in [2.45, 2.75) is 91.3 Å². The van der Waals surface area contributed by atoms with Crippen LogP contribution in [0.25, 0.3) is 0 Å². The number of phenolic OH excluding ortho intramolecular Hbond substituents is 1. The molecule has 3 aromatic rings. The van der Waals surface area contributed by atoms with Gasteiger partial charge in [-0.2, -0.15) is 0 Å². The van der Waals surface area contributed by atoms with Crippen molar-refractivity contribution < 1.29 is 24.2 Å². The third-order valence-electron chi connectivity index (χ3n) is 7.33. The van der Waals surface area contributed by atoms with Crippen LogP contribution in [-0.2, 0) is 20.7 Å². The maximum Gasteiger partial charge on any atom is 0.408 e. The number of alkyl carbamates (subject to hydrolysis) is 1. The number of aromatic hydroxyl groups is 1. The van der Waals surface area contributed by atoms with E-state index in [2.05, 4.69) is 17.6 Å². The molecule has 0 spiro atoms. The Balaban J connectivity index is 2.10. The first kappa shape index (κ1) is 34.2. The molecule has 0 radical (unpaired) electrons. The fourth-order valence-electron chi connectivity index (χ4n) is 5.15. The molecular weight excluding hydrogens is 554 g/mol. The highest BCUT2D eigenvalue weighted by molar-refractivity contribution is 6.00. The molecule has 3 amide bonds. The number of para-hydroxylation sites is 2. The summed E-state index contributed by atoms with van der Waals surface area (Å²) >= 11 is 0. The number of phenols is 1. The molecule has 0 aliphatic rings. The SMILES string of the molecule is CCCCCCN(C(=O)C(Cc1ccccc1)NC(=O)OC(C)(C)C)C(C(=O)Nc1c(C)cccc1C)c1ccccc1O. The van der Waals surface area contributed by atoms with Crippen LogP contribution in [0.3, 0.4) is 0 Å². The lowest BCUT2D eigenvalue weighted by atomic mass is 9.98. The normalized spacial score (nSPS) is 12.6. The average molecular weight is 602 g/mol. The highest BCUT2D eigenvalue weighted by atomic mass is 16.6. The van der Waals surface area contributed by atoms with Gasteiger partial charge in [-0.3, -0.25) is 9.59 Å². The van der Waals surface area contributed by atoms with Crippen molar-refractivity contribution in [3.63, 3.8) is 0 Å². The van der Waals surface area contributed by atoms with E-state index in [1.54, 1.807) is 39.0 Å². The zero-order valence-corrected chi connectivity index (χ0v) is 26.9. The van der Waals surface area contributed by atoms with Crippen molar-refractivity contribution in [3.05, 3.63) is 95.1 Å². The molecule has 0 heterocycles. The molecule has 0 bridgehead atoms. The minimum absolute atomic E-state index is 0.0970. The van der Waals surface area contributed by atoms with Gasteiger partial charge in [0.05, 0.1) is 0 Å². The van der Waals surface area contributed by atoms with Crippen molar-refractivity contribution in [3.8, 4) is 5.75 Å². The number of rotatable bonds is 13. The summed E-state index contributed by atoms with van der Waals surface area (Å²) < 4.78 is 5.53. The Kier molecular flexibility index (Phi) is 12.4. The van der Waals surface area contributed by atoms with Gasteiger partial charge in [0, 0.05) is 24.2 Å². The van der Waals surface area contributed by atoms with Crippen LogP contribution in [0.4, 0.5) is 10.5 Å². The molecular formula is C36H47N3O5. The highest BCUT2D eigenvalue weighted by Gasteiger charge is 2.37. The second-order valence-corrected chi connectivity index (χ2v) is 12.2. The molecule has 0 aromatic heterocycles. The monoisotopic (exact) mass is 601 g/mol. The van der Waals surface area contributed by atoms with Crippen molar-refractivity contribution in [1.29, 1.82) is 0 Å². The number of hydrogen-bond acceptors (Lipinski definition) is 5. The van der Waals surface area contributed by atoms with E-state index in [0.29, 0.717) is 17.7 Å². The van der Waals surface area contributed by atoms with E-state index in [1.807, 2.05) is 62.4 Å². The molecule has 0 aliphatic carbocycles. The molecule has 3 rings (SSSR count). The van der Waals surface area contributed by atoms with Crippen molar-refractivity contribution in [1.82, 2.24) is 10.2 Å². The van der Waals surface area contributed by atoms with Gasteiger partial charge in [0.1, 0.15) is 23.4 Å². The molecule has 0 saturated carbocycles. The summed E-state index contributed by atoms with van der Waals surface area (Å²) in [6, 6.07) is 19.5. The Morgan fingerprint density at radius 3 is 2.11 bits per heavy atom. The number of carbonyl (C=O) groups is 3. The van der Waals surface area contributed by atoms with Gasteiger partial charge >= 0.3 is 6.09 Å². The van der Waals surface area contributed by atoms with Gasteiger partial charge in [0.15, 0.2) is 0 Å². The fraction of sp³-hybridized carbons (Fsp3) is 0.417. The van der Waals surface area contributed by atoms with Crippen LogP contribution >= 0.6 is 0 Å². The number of ether oxygens (including phenoxy) is 1. The van der Waals surface area contributed by atoms with E-state index in [9.17, 15) is 19.5 Å². The van der Waals surface area contributed by atoms with E-state index in [1.165, 1.54) is 11.0 Å². The number of amides is 3. The van der Waals surface area contributed by atoms with E-state index in [-0.39, 0.29) is 18.7 Å². The van der Waals surface area contributed by atoms with E-state index < -0.39 is 35.6 Å². The molecule has 8 heteroatoms. The molecule has 2 unspecified atom stereocenters. The maximum absolute atomic E-state index is 14.6. The fourth-order valence-corrected chi connectivity index (χ4v) is 5.15. The number of hydrogen-bond donors (Lipinski definition) is 3. The minimum atomic E-state index is -1.16. The zero-order valence-electron chi connectivity index (χ0n) is 26.9. The number of unbranched alkanes of at least 4 members (excludes halogenated alkanes) is 3. The summed E-state index contributed by atoms with van der Waals surface area (Å²) in [4.78, 5) is 43.4. The third kappa shape index (κ3) is 9.86. The van der Waals surface area contributed by atoms with Gasteiger partial charge in [-0.1, -0.05) is 92.9 Å². The number of aryl methyl sites for hydroxylation is 2. The first-order chi connectivity index (χ1) is 20.9. The minimum Gasteiger partial charge on any atom is -0.508 e. The average Bonchev–Trinajstić information content (AvgIpc) is 2.96. The lowest BCUT2D eigenvalue weighted by Gasteiger charge is -2.35. The third-order valence-corrected chi connectivity index (χ3v) is 7.33. The first-order valence-corrected chi connectivity index (χ1v) is 15.4. The lowest BCUT2D eigenvalue weighted by molar-refractivity contribution is -0.141. The Labute approximate surface area is 261 Å². The van der Waals surface area contributed by atoms with Crippen molar-refractivity contribution in [2.75, 3.05) is 11.9 Å². The van der Waals surface area contributed by atoms with E-state index >= 15 is 0 Å². The van der Waals surface area contributed by atoms with Gasteiger partial charge in [0.2, 0.25) is 5.91 Å². The molecule has 236 valence electrons. The van der Waals surface area contributed by atoms with Gasteiger partial charge in [-0.15, -0.1) is 0 Å². The van der Waals surface area contributed by atoms with Gasteiger partial charge in [-0.05, 0) is 63.8 Å². The quantitative estimate of drug-likeness (QED) is 0.179. The Hall–Kier alpha value is -4.33. The summed E-state index contributed by atoms with van der Waals surface area (Å²) in [5.74, 6) is -0.996. The molecule has 3 N–H and O–H groups in total. The topological polar surface area (TPSA) is 108 Å². The molecule has 3 aromatic carbocycles. The van der Waals surface area contributed by atoms with Gasteiger partial charge in [-0.25, -0.2) is 4.79 Å². The molecule has 0 saturated heterocycles. The standard InChI is InChI=1S/C36H47N3O5/c1-7-8-9-15-23-39(34(42)29(24-27-19-11-10-12-20-27)37-35(43)44-36(4,5)6)32(28-21-13-14-22-30(28)40)33(41)38-31-25(2)17-16-18-26(31)3/h10-14,16-22,29,32,40H,7-9,15,23-24H2,1-6H3,(H,37,43)(H,38,41). The first-order valence-electron chi connectivity index (χ1n) is 15.4. The zero-order chi connectivity index (χ0) is 32.3. The number of carbonyl (C=O) groups excluding carboxylic acids is 3. The number of benzene rings is 3. The highest BCUT2D eigenvalue weighted by Crippen LogP contribution is 2.32. The molecule has 0 fully saturated rings. The number of anilines is 1. The second kappa shape index (κ2) is 15.9. The summed E-state index contributed by atoms with van der Waals surface area (Å²) in [5.41, 5.74) is 2.78. The summed E-state index contributed by atoms with van der Waals surface area (Å²) in [6.07, 6.45) is 2.94. The van der Waals surface area contributed by atoms with Crippen LogP contribution in [0.2, 0.25) is 0 Å². The number of nitrogens with zero attached hydrogens (tertiary/aromatic N) is 1. The van der Waals surface area contributed by atoms with Crippen LogP contribution in [0.5, 0.6) is 5.75 Å². The van der Waals surface area contributed by atoms with Crippen LogP contribution in [0.1, 0.15) is 81.7 Å². The van der Waals surface area contributed by atoms with E-state index in [4.69, 9.17) is 4.74 Å². The smallest absolute Gasteiger partial charge is 0.408 e. The van der Waals surface area contributed by atoms with Crippen LogP contribution in [0.15, 0.2) is 72.8 Å². The maximum atomic E-state index is 14.6. The Morgan fingerprint density at radius 1 is 0.864 bits per heavy atom. The van der Waals surface area contributed by atoms with Crippen molar-refractivity contribution in [2.24, 2.45) is 0 Å². The van der Waals surface area contributed by atoms with Crippen LogP contribution in [-0.4, -0.2) is 46.1 Å². The Bertz CT molecular complexity index is 1380. The predicted molar refractivity (Wildman–Crippen MR) is 175 cm³/mol. The number of nitrogens with one attached hydrogen (secondary N) is 2. The van der Waals surface area contributed by atoms with Crippen LogP contribution in [0, 0.1) is 13.8 Å². The van der Waals surface area contributed by atoms with Gasteiger partial charge < -0.3 is 25.4 Å². The molecule has 2 atom stereocenters.